The van der Waals surface area contributed by atoms with E-state index in [9.17, 15) is 4.79 Å². The Bertz CT molecular complexity index is 427. The zero-order valence-corrected chi connectivity index (χ0v) is 11.9. The number of nitrogens with two attached hydrogens (primary N) is 1. The SMILES string of the molecule is CCCN1C(=O)CCCC(N)C1c1ccc(C)cc1. The van der Waals surface area contributed by atoms with Gasteiger partial charge in [0.1, 0.15) is 0 Å². The lowest BCUT2D eigenvalue weighted by atomic mass is 9.95. The first-order valence-corrected chi connectivity index (χ1v) is 7.25. The lowest BCUT2D eigenvalue weighted by Gasteiger charge is -2.34. The molecule has 1 aromatic carbocycles. The summed E-state index contributed by atoms with van der Waals surface area (Å²) < 4.78 is 0. The molecule has 2 N–H and O–H groups in total. The summed E-state index contributed by atoms with van der Waals surface area (Å²) in [5.74, 6) is 0.250. The number of likely N-dealkylation sites (tertiary alicyclic amines) is 1. The van der Waals surface area contributed by atoms with Gasteiger partial charge >= 0.3 is 0 Å². The van der Waals surface area contributed by atoms with Crippen molar-refractivity contribution in [2.45, 2.75) is 51.6 Å². The summed E-state index contributed by atoms with van der Waals surface area (Å²) in [6.45, 7) is 4.98. The standard InChI is InChI=1S/C16H24N2O/c1-3-11-18-15(19)6-4-5-14(17)16(18)13-9-7-12(2)8-10-13/h7-10,14,16H,3-6,11,17H2,1-2H3. The number of benzene rings is 1. The molecule has 19 heavy (non-hydrogen) atoms. The van der Waals surface area contributed by atoms with Gasteiger partial charge in [-0.3, -0.25) is 4.79 Å². The molecule has 104 valence electrons. The predicted molar refractivity (Wildman–Crippen MR) is 77.8 cm³/mol. The molecule has 0 bridgehead atoms. The summed E-state index contributed by atoms with van der Waals surface area (Å²) in [6, 6.07) is 8.50. The third-order valence-electron chi connectivity index (χ3n) is 3.87. The maximum absolute atomic E-state index is 12.3. The molecule has 0 saturated carbocycles. The van der Waals surface area contributed by atoms with Gasteiger partial charge in [-0.25, -0.2) is 0 Å². The van der Waals surface area contributed by atoms with E-state index in [1.54, 1.807) is 0 Å². The molecule has 2 unspecified atom stereocenters. The Morgan fingerprint density at radius 1 is 1.32 bits per heavy atom. The number of hydrogen-bond donors (Lipinski definition) is 1. The van der Waals surface area contributed by atoms with Crippen molar-refractivity contribution in [1.82, 2.24) is 4.90 Å². The van der Waals surface area contributed by atoms with Crippen LogP contribution in [0.4, 0.5) is 0 Å². The van der Waals surface area contributed by atoms with Gasteiger partial charge in [0.25, 0.3) is 0 Å². The molecule has 0 radical (unpaired) electrons. The van der Waals surface area contributed by atoms with Crippen LogP contribution in [0.3, 0.4) is 0 Å². The van der Waals surface area contributed by atoms with E-state index in [-0.39, 0.29) is 18.0 Å². The molecule has 3 nitrogen and oxygen atoms in total. The van der Waals surface area contributed by atoms with E-state index in [1.165, 1.54) is 11.1 Å². The van der Waals surface area contributed by atoms with Gasteiger partial charge in [-0.2, -0.15) is 0 Å². The van der Waals surface area contributed by atoms with Crippen LogP contribution >= 0.6 is 0 Å². The van der Waals surface area contributed by atoms with Gasteiger partial charge in [0.15, 0.2) is 0 Å². The summed E-state index contributed by atoms with van der Waals surface area (Å²) in [7, 11) is 0. The molecule has 1 aliphatic rings. The molecule has 1 amide bonds. The molecule has 1 aliphatic heterocycles. The van der Waals surface area contributed by atoms with Gasteiger partial charge in [0, 0.05) is 19.0 Å². The molecule has 0 spiro atoms. The monoisotopic (exact) mass is 260 g/mol. The van der Waals surface area contributed by atoms with Crippen molar-refractivity contribution < 1.29 is 4.79 Å². The number of carbonyl (C=O) groups excluding carboxylic acids is 1. The van der Waals surface area contributed by atoms with Crippen LogP contribution in [0, 0.1) is 6.92 Å². The van der Waals surface area contributed by atoms with Crippen LogP contribution in [0.15, 0.2) is 24.3 Å². The van der Waals surface area contributed by atoms with Gasteiger partial charge in [-0.15, -0.1) is 0 Å². The van der Waals surface area contributed by atoms with Crippen LogP contribution in [0.2, 0.25) is 0 Å². The fourth-order valence-corrected chi connectivity index (χ4v) is 2.87. The number of amides is 1. The largest absolute Gasteiger partial charge is 0.334 e. The van der Waals surface area contributed by atoms with Crippen LogP contribution in [-0.4, -0.2) is 23.4 Å². The quantitative estimate of drug-likeness (QED) is 0.908. The van der Waals surface area contributed by atoms with E-state index >= 15 is 0 Å². The van der Waals surface area contributed by atoms with Crippen molar-refractivity contribution in [3.63, 3.8) is 0 Å². The van der Waals surface area contributed by atoms with Crippen molar-refractivity contribution in [1.29, 1.82) is 0 Å². The molecule has 2 rings (SSSR count). The molecule has 0 aliphatic carbocycles. The average molecular weight is 260 g/mol. The van der Waals surface area contributed by atoms with E-state index in [2.05, 4.69) is 38.1 Å². The number of hydrogen-bond acceptors (Lipinski definition) is 2. The van der Waals surface area contributed by atoms with Crippen LogP contribution < -0.4 is 5.73 Å². The summed E-state index contributed by atoms with van der Waals surface area (Å²) >= 11 is 0. The van der Waals surface area contributed by atoms with E-state index in [1.807, 2.05) is 4.90 Å². The Morgan fingerprint density at radius 3 is 2.63 bits per heavy atom. The summed E-state index contributed by atoms with van der Waals surface area (Å²) in [4.78, 5) is 14.3. The Hall–Kier alpha value is -1.35. The van der Waals surface area contributed by atoms with E-state index in [4.69, 9.17) is 5.73 Å². The first kappa shape index (κ1) is 14.1. The zero-order chi connectivity index (χ0) is 13.8. The Labute approximate surface area is 115 Å². The van der Waals surface area contributed by atoms with Crippen molar-refractivity contribution in [3.8, 4) is 0 Å². The molecule has 2 atom stereocenters. The van der Waals surface area contributed by atoms with Crippen LogP contribution in [0.25, 0.3) is 0 Å². The maximum Gasteiger partial charge on any atom is 0.223 e. The highest BCUT2D eigenvalue weighted by Gasteiger charge is 2.32. The maximum atomic E-state index is 12.3. The second kappa shape index (κ2) is 6.20. The van der Waals surface area contributed by atoms with E-state index in [0.717, 1.165) is 25.8 Å². The number of carbonyl (C=O) groups is 1. The van der Waals surface area contributed by atoms with Crippen molar-refractivity contribution in [2.24, 2.45) is 5.73 Å². The predicted octanol–water partition coefficient (Wildman–Crippen LogP) is 2.79. The fraction of sp³-hybridized carbons (Fsp3) is 0.562. The van der Waals surface area contributed by atoms with E-state index < -0.39 is 0 Å². The fourth-order valence-electron chi connectivity index (χ4n) is 2.87. The zero-order valence-electron chi connectivity index (χ0n) is 11.9. The van der Waals surface area contributed by atoms with Crippen LogP contribution in [0.1, 0.15) is 49.8 Å². The minimum absolute atomic E-state index is 0.0375. The molecule has 1 saturated heterocycles. The lowest BCUT2D eigenvalue weighted by molar-refractivity contribution is -0.133. The minimum atomic E-state index is 0.0375. The number of aryl methyl sites for hydroxylation is 1. The molecule has 1 fully saturated rings. The second-order valence-corrected chi connectivity index (χ2v) is 5.50. The second-order valence-electron chi connectivity index (χ2n) is 5.50. The van der Waals surface area contributed by atoms with Gasteiger partial charge < -0.3 is 10.6 Å². The van der Waals surface area contributed by atoms with Gasteiger partial charge in [0.2, 0.25) is 5.91 Å². The smallest absolute Gasteiger partial charge is 0.223 e. The highest BCUT2D eigenvalue weighted by molar-refractivity contribution is 5.77. The molecule has 0 aromatic heterocycles. The Morgan fingerprint density at radius 2 is 2.00 bits per heavy atom. The molecular formula is C16H24N2O. The first-order chi connectivity index (χ1) is 9.13. The van der Waals surface area contributed by atoms with Gasteiger partial charge in [-0.1, -0.05) is 36.8 Å². The summed E-state index contributed by atoms with van der Waals surface area (Å²) in [6.07, 6.45) is 3.43. The van der Waals surface area contributed by atoms with E-state index in [0.29, 0.717) is 6.42 Å². The highest BCUT2D eigenvalue weighted by Crippen LogP contribution is 2.30. The molecule has 1 heterocycles. The topological polar surface area (TPSA) is 46.3 Å². The number of rotatable bonds is 3. The normalized spacial score (nSPS) is 24.4. The average Bonchev–Trinajstić information content (AvgIpc) is 2.52. The summed E-state index contributed by atoms with van der Waals surface area (Å²) in [5.41, 5.74) is 8.74. The van der Waals surface area contributed by atoms with Crippen molar-refractivity contribution in [2.75, 3.05) is 6.54 Å². The van der Waals surface area contributed by atoms with Gasteiger partial charge in [0.05, 0.1) is 6.04 Å². The number of nitrogens with zero attached hydrogens (tertiary/aromatic N) is 1. The Kier molecular flexibility index (Phi) is 4.59. The third kappa shape index (κ3) is 3.16. The minimum Gasteiger partial charge on any atom is -0.334 e. The first-order valence-electron chi connectivity index (χ1n) is 7.25. The van der Waals surface area contributed by atoms with Crippen LogP contribution in [-0.2, 0) is 4.79 Å². The highest BCUT2D eigenvalue weighted by atomic mass is 16.2. The van der Waals surface area contributed by atoms with Gasteiger partial charge in [-0.05, 0) is 31.7 Å². The molecule has 1 aromatic rings. The van der Waals surface area contributed by atoms with Crippen molar-refractivity contribution in [3.05, 3.63) is 35.4 Å². The van der Waals surface area contributed by atoms with Crippen molar-refractivity contribution >= 4 is 5.91 Å². The Balaban J connectivity index is 2.34. The molecular weight excluding hydrogens is 236 g/mol. The summed E-state index contributed by atoms with van der Waals surface area (Å²) in [5, 5.41) is 0. The third-order valence-corrected chi connectivity index (χ3v) is 3.87. The lowest BCUT2D eigenvalue weighted by Crippen LogP contribution is -2.42. The molecule has 3 heteroatoms. The van der Waals surface area contributed by atoms with Crippen LogP contribution in [0.5, 0.6) is 0 Å².